The maximum absolute atomic E-state index is 11.7. The zero-order valence-electron chi connectivity index (χ0n) is 8.35. The van der Waals surface area contributed by atoms with Crippen molar-refractivity contribution in [1.29, 1.82) is 0 Å². The number of rotatable bonds is 1. The normalized spacial score (nSPS) is 11.1. The molecule has 0 unspecified atom stereocenters. The van der Waals surface area contributed by atoms with Gasteiger partial charge in [0.25, 0.3) is 5.56 Å². The zero-order valence-corrected chi connectivity index (χ0v) is 9.17. The lowest BCUT2D eigenvalue weighted by Gasteiger charge is -1.94. The highest BCUT2D eigenvalue weighted by molar-refractivity contribution is 7.17. The lowest BCUT2D eigenvalue weighted by Crippen LogP contribution is -2.07. The number of fused-ring (bicyclic) bond motifs is 1. The van der Waals surface area contributed by atoms with Crippen LogP contribution in [0.4, 0.5) is 0 Å². The van der Waals surface area contributed by atoms with Crippen LogP contribution in [-0.2, 0) is 0 Å². The second kappa shape index (κ2) is 3.28. The van der Waals surface area contributed by atoms with Crippen molar-refractivity contribution in [2.45, 2.75) is 6.92 Å². The molecule has 0 amide bonds. The van der Waals surface area contributed by atoms with E-state index in [0.717, 1.165) is 0 Å². The smallest absolute Gasteiger partial charge is 0.269 e. The van der Waals surface area contributed by atoms with Gasteiger partial charge in [0.05, 0.1) is 5.52 Å². The Kier molecular flexibility index (Phi) is 1.90. The van der Waals surface area contributed by atoms with Crippen LogP contribution in [0.25, 0.3) is 21.7 Å². The molecule has 80 valence electrons. The fourth-order valence-corrected chi connectivity index (χ4v) is 2.20. The van der Waals surface area contributed by atoms with Crippen molar-refractivity contribution >= 4 is 21.6 Å². The third kappa shape index (κ3) is 1.35. The summed E-state index contributed by atoms with van der Waals surface area (Å²) in [7, 11) is 0. The molecule has 0 spiro atoms. The molecule has 0 aliphatic carbocycles. The molecule has 3 heterocycles. The van der Waals surface area contributed by atoms with E-state index in [9.17, 15) is 4.79 Å². The number of hydrogen-bond acceptors (Lipinski definition) is 5. The average molecular weight is 233 g/mol. The quantitative estimate of drug-likeness (QED) is 0.697. The van der Waals surface area contributed by atoms with Gasteiger partial charge in [-0.2, -0.15) is 0 Å². The lowest BCUT2D eigenvalue weighted by molar-refractivity contribution is 0.399. The summed E-state index contributed by atoms with van der Waals surface area (Å²) in [4.78, 5) is 18.7. The predicted octanol–water partition coefficient (Wildman–Crippen LogP) is 1.95. The van der Waals surface area contributed by atoms with E-state index in [0.29, 0.717) is 27.5 Å². The molecule has 0 bridgehead atoms. The monoisotopic (exact) mass is 233 g/mol. The van der Waals surface area contributed by atoms with Crippen LogP contribution >= 0.6 is 11.3 Å². The highest BCUT2D eigenvalue weighted by Crippen LogP contribution is 2.18. The number of nitrogens with zero attached hydrogens (tertiary/aromatic N) is 2. The maximum atomic E-state index is 11.7. The molecule has 0 aliphatic heterocycles. The van der Waals surface area contributed by atoms with Gasteiger partial charge in [-0.1, -0.05) is 5.16 Å². The third-order valence-corrected chi connectivity index (χ3v) is 3.09. The molecule has 16 heavy (non-hydrogen) atoms. The van der Waals surface area contributed by atoms with Gasteiger partial charge in [0, 0.05) is 6.07 Å². The number of hydrogen-bond donors (Lipinski definition) is 1. The van der Waals surface area contributed by atoms with E-state index in [-0.39, 0.29) is 5.56 Å². The molecule has 0 aromatic carbocycles. The van der Waals surface area contributed by atoms with Crippen LogP contribution in [0.15, 0.2) is 26.8 Å². The van der Waals surface area contributed by atoms with Gasteiger partial charge in [-0.15, -0.1) is 11.3 Å². The van der Waals surface area contributed by atoms with Crippen LogP contribution in [-0.4, -0.2) is 15.1 Å². The van der Waals surface area contributed by atoms with E-state index >= 15 is 0 Å². The van der Waals surface area contributed by atoms with E-state index in [1.807, 2.05) is 11.4 Å². The van der Waals surface area contributed by atoms with Crippen molar-refractivity contribution in [3.05, 3.63) is 33.6 Å². The number of aryl methyl sites for hydroxylation is 1. The highest BCUT2D eigenvalue weighted by atomic mass is 32.1. The molecule has 6 heteroatoms. The molecule has 0 radical (unpaired) electrons. The Balaban J connectivity index is 2.28. The lowest BCUT2D eigenvalue weighted by atomic mass is 10.3. The van der Waals surface area contributed by atoms with Gasteiger partial charge in [-0.25, -0.2) is 4.98 Å². The van der Waals surface area contributed by atoms with Crippen LogP contribution in [0.2, 0.25) is 0 Å². The Hall–Kier alpha value is -1.95. The van der Waals surface area contributed by atoms with Crippen molar-refractivity contribution < 1.29 is 4.52 Å². The summed E-state index contributed by atoms with van der Waals surface area (Å²) >= 11 is 1.37. The highest BCUT2D eigenvalue weighted by Gasteiger charge is 2.09. The Morgan fingerprint density at radius 1 is 1.50 bits per heavy atom. The van der Waals surface area contributed by atoms with Crippen molar-refractivity contribution in [2.75, 3.05) is 0 Å². The molecule has 3 aromatic heterocycles. The number of aromatic nitrogens is 3. The molecule has 0 atom stereocenters. The molecule has 0 saturated carbocycles. The van der Waals surface area contributed by atoms with Gasteiger partial charge in [0.1, 0.15) is 16.2 Å². The zero-order chi connectivity index (χ0) is 11.1. The van der Waals surface area contributed by atoms with Gasteiger partial charge in [-0.05, 0) is 18.4 Å². The summed E-state index contributed by atoms with van der Waals surface area (Å²) in [6.45, 7) is 1.79. The average Bonchev–Trinajstić information content (AvgIpc) is 2.85. The van der Waals surface area contributed by atoms with E-state index in [4.69, 9.17) is 4.52 Å². The number of H-pyrrole nitrogens is 1. The molecule has 3 aromatic rings. The molecule has 1 N–H and O–H groups in total. The first-order valence-corrected chi connectivity index (χ1v) is 5.53. The van der Waals surface area contributed by atoms with Crippen LogP contribution in [0.1, 0.15) is 5.76 Å². The van der Waals surface area contributed by atoms with E-state index in [1.165, 1.54) is 11.3 Å². The van der Waals surface area contributed by atoms with Gasteiger partial charge in [0.15, 0.2) is 5.82 Å². The van der Waals surface area contributed by atoms with E-state index in [1.54, 1.807) is 13.0 Å². The first-order chi connectivity index (χ1) is 7.74. The minimum atomic E-state index is -0.143. The SMILES string of the molecule is Cc1cc(-c2nc3ccsc3c(=O)[nH]2)no1. The Bertz CT molecular complexity index is 710. The summed E-state index contributed by atoms with van der Waals surface area (Å²) in [6, 6.07) is 3.54. The summed E-state index contributed by atoms with van der Waals surface area (Å²) in [5, 5.41) is 5.65. The molecule has 0 saturated heterocycles. The Morgan fingerprint density at radius 2 is 2.38 bits per heavy atom. The second-order valence-electron chi connectivity index (χ2n) is 3.37. The predicted molar refractivity (Wildman–Crippen MR) is 60.5 cm³/mol. The minimum Gasteiger partial charge on any atom is -0.361 e. The molecule has 5 nitrogen and oxygen atoms in total. The van der Waals surface area contributed by atoms with Gasteiger partial charge in [0.2, 0.25) is 0 Å². The van der Waals surface area contributed by atoms with Crippen molar-refractivity contribution in [3.8, 4) is 11.5 Å². The second-order valence-corrected chi connectivity index (χ2v) is 4.29. The van der Waals surface area contributed by atoms with Crippen LogP contribution in [0.5, 0.6) is 0 Å². The van der Waals surface area contributed by atoms with Gasteiger partial charge >= 0.3 is 0 Å². The standard InChI is InChI=1S/C10H7N3O2S/c1-5-4-7(13-15-5)9-11-6-2-3-16-8(6)10(14)12-9/h2-4H,1H3,(H,11,12,14). The van der Waals surface area contributed by atoms with Gasteiger partial charge in [-0.3, -0.25) is 4.79 Å². The topological polar surface area (TPSA) is 71.8 Å². The number of aromatic amines is 1. The summed E-state index contributed by atoms with van der Waals surface area (Å²) < 4.78 is 5.57. The van der Waals surface area contributed by atoms with Crippen molar-refractivity contribution in [1.82, 2.24) is 15.1 Å². The van der Waals surface area contributed by atoms with Crippen LogP contribution < -0.4 is 5.56 Å². The fourth-order valence-electron chi connectivity index (χ4n) is 1.47. The fraction of sp³-hybridized carbons (Fsp3) is 0.100. The van der Waals surface area contributed by atoms with Crippen molar-refractivity contribution in [2.24, 2.45) is 0 Å². The van der Waals surface area contributed by atoms with Crippen molar-refractivity contribution in [3.63, 3.8) is 0 Å². The summed E-state index contributed by atoms with van der Waals surface area (Å²) in [5.41, 5.74) is 1.09. The number of nitrogens with one attached hydrogen (secondary N) is 1. The Morgan fingerprint density at radius 3 is 3.12 bits per heavy atom. The molecule has 0 aliphatic rings. The maximum Gasteiger partial charge on any atom is 0.269 e. The van der Waals surface area contributed by atoms with E-state index in [2.05, 4.69) is 15.1 Å². The summed E-state index contributed by atoms with van der Waals surface area (Å²) in [6.07, 6.45) is 0. The summed E-state index contributed by atoms with van der Waals surface area (Å²) in [5.74, 6) is 1.12. The van der Waals surface area contributed by atoms with E-state index < -0.39 is 0 Å². The first kappa shape index (κ1) is 9.29. The molecule has 0 fully saturated rings. The third-order valence-electron chi connectivity index (χ3n) is 2.19. The van der Waals surface area contributed by atoms with Gasteiger partial charge < -0.3 is 9.51 Å². The van der Waals surface area contributed by atoms with Crippen LogP contribution in [0.3, 0.4) is 0 Å². The number of thiophene rings is 1. The van der Waals surface area contributed by atoms with Crippen LogP contribution in [0, 0.1) is 6.92 Å². The first-order valence-electron chi connectivity index (χ1n) is 4.65. The molecular formula is C10H7N3O2S. The largest absolute Gasteiger partial charge is 0.361 e. The molecule has 3 rings (SSSR count). The minimum absolute atomic E-state index is 0.143. The molecular weight excluding hydrogens is 226 g/mol. The Labute approximate surface area is 93.7 Å².